The van der Waals surface area contributed by atoms with Crippen molar-refractivity contribution in [2.45, 2.75) is 13.5 Å². The smallest absolute Gasteiger partial charge is 0.358 e. The van der Waals surface area contributed by atoms with Gasteiger partial charge in [0.05, 0.1) is 10.7 Å². The lowest BCUT2D eigenvalue weighted by Crippen LogP contribution is -2.11. The van der Waals surface area contributed by atoms with Crippen LogP contribution in [0.25, 0.3) is 11.0 Å². The first-order valence-electron chi connectivity index (χ1n) is 7.28. The maximum Gasteiger partial charge on any atom is 0.358 e. The number of halogens is 3. The van der Waals surface area contributed by atoms with Crippen LogP contribution in [-0.2, 0) is 11.3 Å². The molecule has 2 heterocycles. The van der Waals surface area contributed by atoms with Crippen LogP contribution >= 0.6 is 34.8 Å². The first-order valence-corrected chi connectivity index (χ1v) is 8.41. The second kappa shape index (κ2) is 7.15. The minimum atomic E-state index is -0.853. The van der Waals surface area contributed by atoms with Crippen LogP contribution in [0.2, 0.25) is 15.2 Å². The average Bonchev–Trinajstić information content (AvgIpc) is 2.60. The number of carbonyl (C=O) groups is 1. The van der Waals surface area contributed by atoms with E-state index in [4.69, 9.17) is 49.7 Å². The van der Waals surface area contributed by atoms with Crippen LogP contribution in [0, 0.1) is 6.92 Å². The van der Waals surface area contributed by atoms with E-state index >= 15 is 0 Å². The molecule has 0 saturated heterocycles. The molecule has 134 valence electrons. The monoisotopic (exact) mass is 412 g/mol. The van der Waals surface area contributed by atoms with E-state index in [2.05, 4.69) is 4.98 Å². The van der Waals surface area contributed by atoms with Gasteiger partial charge in [-0.15, -0.1) is 0 Å². The Balaban J connectivity index is 1.92. The van der Waals surface area contributed by atoms with Crippen molar-refractivity contribution in [1.29, 1.82) is 0 Å². The van der Waals surface area contributed by atoms with Crippen molar-refractivity contribution in [1.82, 2.24) is 4.98 Å². The molecule has 0 bridgehead atoms. The van der Waals surface area contributed by atoms with Gasteiger partial charge in [-0.25, -0.2) is 14.6 Å². The maximum absolute atomic E-state index is 12.3. The molecular formula is C17H11Cl3N2O4. The van der Waals surface area contributed by atoms with E-state index < -0.39 is 11.6 Å². The third-order valence-corrected chi connectivity index (χ3v) is 4.75. The number of hydrogen-bond acceptors (Lipinski definition) is 6. The number of pyridine rings is 1. The summed E-state index contributed by atoms with van der Waals surface area (Å²) < 4.78 is 10.4. The highest BCUT2D eigenvalue weighted by atomic mass is 35.5. The van der Waals surface area contributed by atoms with E-state index in [1.54, 1.807) is 12.1 Å². The zero-order valence-corrected chi connectivity index (χ0v) is 15.6. The largest absolute Gasteiger partial charge is 0.456 e. The number of rotatable bonds is 3. The van der Waals surface area contributed by atoms with E-state index in [1.807, 2.05) is 13.0 Å². The molecule has 0 aliphatic carbocycles. The van der Waals surface area contributed by atoms with Gasteiger partial charge in [0, 0.05) is 17.0 Å². The van der Waals surface area contributed by atoms with E-state index in [9.17, 15) is 9.59 Å². The molecule has 3 aromatic rings. The Kier molecular flexibility index (Phi) is 5.09. The van der Waals surface area contributed by atoms with Crippen molar-refractivity contribution in [3.8, 4) is 0 Å². The van der Waals surface area contributed by atoms with Crippen molar-refractivity contribution in [2.24, 2.45) is 0 Å². The van der Waals surface area contributed by atoms with Gasteiger partial charge in [0.1, 0.15) is 17.2 Å². The molecule has 0 spiro atoms. The molecule has 0 aliphatic heterocycles. The van der Waals surface area contributed by atoms with Gasteiger partial charge in [-0.05, 0) is 18.6 Å². The predicted molar refractivity (Wildman–Crippen MR) is 100 cm³/mol. The lowest BCUT2D eigenvalue weighted by atomic mass is 10.1. The zero-order valence-electron chi connectivity index (χ0n) is 13.3. The van der Waals surface area contributed by atoms with Crippen molar-refractivity contribution in [3.63, 3.8) is 0 Å². The quantitative estimate of drug-likeness (QED) is 0.388. The van der Waals surface area contributed by atoms with Crippen molar-refractivity contribution < 1.29 is 13.9 Å². The van der Waals surface area contributed by atoms with E-state index in [1.165, 1.54) is 6.07 Å². The normalized spacial score (nSPS) is 10.9. The first kappa shape index (κ1) is 18.5. The predicted octanol–water partition coefficient (Wildman–Crippen LogP) is 4.40. The Morgan fingerprint density at radius 3 is 2.69 bits per heavy atom. The number of anilines is 1. The molecule has 0 aliphatic rings. The Bertz CT molecular complexity index is 1100. The molecule has 0 radical (unpaired) electrons. The third kappa shape index (κ3) is 3.49. The van der Waals surface area contributed by atoms with Gasteiger partial charge in [-0.3, -0.25) is 0 Å². The first-order chi connectivity index (χ1) is 12.3. The average molecular weight is 414 g/mol. The van der Waals surface area contributed by atoms with E-state index in [-0.39, 0.29) is 33.2 Å². The fourth-order valence-electron chi connectivity index (χ4n) is 2.33. The van der Waals surface area contributed by atoms with Crippen molar-refractivity contribution in [3.05, 3.63) is 66.7 Å². The minimum absolute atomic E-state index is 0.0461. The molecule has 26 heavy (non-hydrogen) atoms. The van der Waals surface area contributed by atoms with Crippen LogP contribution in [-0.4, -0.2) is 11.0 Å². The van der Waals surface area contributed by atoms with Crippen molar-refractivity contribution >= 4 is 57.4 Å². The Hall–Kier alpha value is -2.28. The van der Waals surface area contributed by atoms with Gasteiger partial charge in [0.2, 0.25) is 0 Å². The third-order valence-electron chi connectivity index (χ3n) is 3.61. The highest BCUT2D eigenvalue weighted by Crippen LogP contribution is 2.34. The minimum Gasteiger partial charge on any atom is -0.456 e. The number of aryl methyl sites for hydroxylation is 1. The number of nitrogen functional groups attached to an aromatic ring is 1. The molecule has 0 atom stereocenters. The Morgan fingerprint density at radius 1 is 1.23 bits per heavy atom. The number of nitrogens with two attached hydrogens (primary N) is 1. The number of ether oxygens (including phenoxy) is 1. The highest BCUT2D eigenvalue weighted by molar-refractivity contribution is 6.46. The number of aromatic nitrogens is 1. The van der Waals surface area contributed by atoms with Gasteiger partial charge >= 0.3 is 11.6 Å². The number of nitrogens with zero attached hydrogens (tertiary/aromatic N) is 1. The fraction of sp³-hybridized carbons (Fsp3) is 0.118. The SMILES string of the molecule is Cc1ccc2c(COC(=O)c3nc(Cl)c(Cl)c(N)c3Cl)cc(=O)oc2c1. The standard InChI is InChI=1S/C17H11Cl3N2O4/c1-7-2-3-9-8(5-11(23)26-10(9)4-7)6-25-17(24)15-12(18)14(21)13(19)16(20)22-15/h2-5H,6H2,1H3,(H2,21,22). The molecule has 0 fully saturated rings. The summed E-state index contributed by atoms with van der Waals surface area (Å²) in [6, 6.07) is 6.61. The van der Waals surface area contributed by atoms with Crippen LogP contribution in [0.5, 0.6) is 0 Å². The molecule has 0 amide bonds. The molecule has 3 rings (SSSR count). The number of esters is 1. The summed E-state index contributed by atoms with van der Waals surface area (Å²) in [4.78, 5) is 27.8. The molecular weight excluding hydrogens is 403 g/mol. The van der Waals surface area contributed by atoms with Gasteiger partial charge in [-0.2, -0.15) is 0 Å². The van der Waals surface area contributed by atoms with Crippen LogP contribution in [0.4, 0.5) is 5.69 Å². The molecule has 9 heteroatoms. The lowest BCUT2D eigenvalue weighted by Gasteiger charge is -2.10. The van der Waals surface area contributed by atoms with Crippen molar-refractivity contribution in [2.75, 3.05) is 5.73 Å². The van der Waals surface area contributed by atoms with Crippen LogP contribution in [0.1, 0.15) is 21.6 Å². The van der Waals surface area contributed by atoms with Crippen LogP contribution in [0.15, 0.2) is 33.5 Å². The fourth-order valence-corrected chi connectivity index (χ4v) is 2.92. The number of fused-ring (bicyclic) bond motifs is 1. The summed E-state index contributed by atoms with van der Waals surface area (Å²) in [7, 11) is 0. The molecule has 6 nitrogen and oxygen atoms in total. The van der Waals surface area contributed by atoms with Crippen LogP contribution in [0.3, 0.4) is 0 Å². The molecule has 2 N–H and O–H groups in total. The molecule has 2 aromatic heterocycles. The number of benzene rings is 1. The molecule has 0 unspecified atom stereocenters. The van der Waals surface area contributed by atoms with E-state index in [0.29, 0.717) is 16.5 Å². The topological polar surface area (TPSA) is 95.4 Å². The second-order valence-corrected chi connectivity index (χ2v) is 6.57. The molecule has 1 aromatic carbocycles. The summed E-state index contributed by atoms with van der Waals surface area (Å²) in [5.41, 5.74) is 6.61. The summed E-state index contributed by atoms with van der Waals surface area (Å²) in [6.07, 6.45) is 0. The lowest BCUT2D eigenvalue weighted by molar-refractivity contribution is 0.0467. The summed E-state index contributed by atoms with van der Waals surface area (Å²) in [5, 5.41) is 0.283. The van der Waals surface area contributed by atoms with Gasteiger partial charge in [0.25, 0.3) is 0 Å². The summed E-state index contributed by atoms with van der Waals surface area (Å²) in [5.74, 6) is -0.853. The zero-order chi connectivity index (χ0) is 19.0. The highest BCUT2D eigenvalue weighted by Gasteiger charge is 2.21. The number of carbonyl (C=O) groups excluding carboxylic acids is 1. The van der Waals surface area contributed by atoms with Gasteiger partial charge in [0.15, 0.2) is 10.8 Å². The van der Waals surface area contributed by atoms with Gasteiger partial charge in [-0.1, -0.05) is 46.9 Å². The molecule has 0 saturated carbocycles. The Morgan fingerprint density at radius 2 is 1.96 bits per heavy atom. The summed E-state index contributed by atoms with van der Waals surface area (Å²) >= 11 is 17.6. The Labute approximate surface area is 162 Å². The second-order valence-electron chi connectivity index (χ2n) is 5.46. The van der Waals surface area contributed by atoms with Gasteiger partial charge < -0.3 is 14.9 Å². The van der Waals surface area contributed by atoms with Crippen LogP contribution < -0.4 is 11.4 Å². The number of hydrogen-bond donors (Lipinski definition) is 1. The van der Waals surface area contributed by atoms with E-state index in [0.717, 1.165) is 5.56 Å². The maximum atomic E-state index is 12.3. The summed E-state index contributed by atoms with van der Waals surface area (Å²) in [6.45, 7) is 1.68.